The van der Waals surface area contributed by atoms with Gasteiger partial charge in [-0.15, -0.1) is 0 Å². The fraction of sp³-hybridized carbons (Fsp3) is 0.231. The third kappa shape index (κ3) is 3.35. The van der Waals surface area contributed by atoms with Crippen molar-refractivity contribution in [2.75, 3.05) is 0 Å². The van der Waals surface area contributed by atoms with Crippen LogP contribution in [0.25, 0.3) is 0 Å². The molecule has 0 heterocycles. The van der Waals surface area contributed by atoms with Crippen molar-refractivity contribution in [3.05, 3.63) is 35.4 Å². The number of rotatable bonds is 3. The highest BCUT2D eigenvalue weighted by Crippen LogP contribution is 2.30. The van der Waals surface area contributed by atoms with Gasteiger partial charge in [0.25, 0.3) is 0 Å². The quantitative estimate of drug-likeness (QED) is 0.386. The minimum absolute atomic E-state index is 0.145. The number of carbonyl (C=O) groups is 2. The molecule has 0 atom stereocenters. The van der Waals surface area contributed by atoms with Crippen LogP contribution in [0.1, 0.15) is 18.1 Å². The molecule has 96 valence electrons. The first kappa shape index (κ1) is 13.8. The molecule has 1 aromatic carbocycles. The average Bonchev–Trinajstić information content (AvgIpc) is 2.23. The number of hydrogen-bond donors (Lipinski definition) is 1. The molecule has 0 spiro atoms. The lowest BCUT2D eigenvalue weighted by atomic mass is 10.1. The molecule has 0 amide bonds. The van der Waals surface area contributed by atoms with Gasteiger partial charge in [-0.2, -0.15) is 0 Å². The van der Waals surface area contributed by atoms with Crippen LogP contribution in [-0.4, -0.2) is 17.2 Å². The first-order valence-corrected chi connectivity index (χ1v) is 5.21. The van der Waals surface area contributed by atoms with E-state index in [1.807, 2.05) is 0 Å². The zero-order valence-corrected chi connectivity index (χ0v) is 10.4. The van der Waals surface area contributed by atoms with Gasteiger partial charge in [0.05, 0.1) is 0 Å². The van der Waals surface area contributed by atoms with Gasteiger partial charge >= 0.3 is 12.1 Å². The molecule has 0 saturated heterocycles. The summed E-state index contributed by atoms with van der Waals surface area (Å²) in [5, 5.41) is 8.60. The molecule has 0 aliphatic heterocycles. The maximum Gasteiger partial charge on any atom is 0.511 e. The summed E-state index contributed by atoms with van der Waals surface area (Å²) in [5.74, 6) is -0.156. The molecule has 0 fully saturated rings. The Balaban J connectivity index is 3.12. The Morgan fingerprint density at radius 1 is 1.17 bits per heavy atom. The minimum Gasteiger partial charge on any atom is -0.449 e. The summed E-state index contributed by atoms with van der Waals surface area (Å²) < 4.78 is 9.71. The second-order valence-electron chi connectivity index (χ2n) is 3.92. The van der Waals surface area contributed by atoms with Crippen molar-refractivity contribution in [1.29, 1.82) is 0 Å². The van der Waals surface area contributed by atoms with Crippen LogP contribution in [-0.2, 0) is 4.79 Å². The Hall–Kier alpha value is -2.30. The molecule has 0 aliphatic carbocycles. The molecule has 5 heteroatoms. The van der Waals surface area contributed by atoms with E-state index in [9.17, 15) is 9.59 Å². The van der Waals surface area contributed by atoms with Crippen molar-refractivity contribution in [3.63, 3.8) is 0 Å². The smallest absolute Gasteiger partial charge is 0.449 e. The lowest BCUT2D eigenvalue weighted by Gasteiger charge is -2.11. The molecule has 0 radical (unpaired) electrons. The van der Waals surface area contributed by atoms with Gasteiger partial charge in [0.2, 0.25) is 0 Å². The predicted octanol–water partition coefficient (Wildman–Crippen LogP) is 2.84. The lowest BCUT2D eigenvalue weighted by Crippen LogP contribution is -2.11. The van der Waals surface area contributed by atoms with Crippen LogP contribution in [0.2, 0.25) is 0 Å². The van der Waals surface area contributed by atoms with Crippen molar-refractivity contribution in [3.8, 4) is 11.5 Å². The molecule has 1 N–H and O–H groups in total. The molecule has 18 heavy (non-hydrogen) atoms. The van der Waals surface area contributed by atoms with Gasteiger partial charge in [-0.1, -0.05) is 6.58 Å². The standard InChI is InChI=1S/C13H14O5/c1-7(2)12(14)17-10-5-8(3)6-11(9(10)4)18-13(15)16/h5-6H,1H2,2-4H3,(H,15,16). The number of carboxylic acid groups (broad SMARTS) is 1. The predicted molar refractivity (Wildman–Crippen MR) is 65.0 cm³/mol. The van der Waals surface area contributed by atoms with E-state index in [2.05, 4.69) is 11.3 Å². The van der Waals surface area contributed by atoms with Crippen molar-refractivity contribution in [1.82, 2.24) is 0 Å². The van der Waals surface area contributed by atoms with E-state index < -0.39 is 12.1 Å². The highest BCUT2D eigenvalue weighted by molar-refractivity contribution is 5.89. The Morgan fingerprint density at radius 2 is 1.67 bits per heavy atom. The van der Waals surface area contributed by atoms with E-state index in [0.29, 0.717) is 5.56 Å². The molecule has 0 aliphatic rings. The largest absolute Gasteiger partial charge is 0.511 e. The lowest BCUT2D eigenvalue weighted by molar-refractivity contribution is -0.130. The third-order valence-corrected chi connectivity index (χ3v) is 2.21. The number of esters is 1. The van der Waals surface area contributed by atoms with Gasteiger partial charge in [0.15, 0.2) is 0 Å². The van der Waals surface area contributed by atoms with Gasteiger partial charge in [-0.05, 0) is 38.5 Å². The minimum atomic E-state index is -1.42. The Morgan fingerprint density at radius 3 is 2.11 bits per heavy atom. The van der Waals surface area contributed by atoms with E-state index in [4.69, 9.17) is 9.84 Å². The second kappa shape index (κ2) is 5.35. The summed E-state index contributed by atoms with van der Waals surface area (Å²) in [5.41, 5.74) is 1.43. The summed E-state index contributed by atoms with van der Waals surface area (Å²) in [6.07, 6.45) is -1.42. The van der Waals surface area contributed by atoms with E-state index in [-0.39, 0.29) is 17.1 Å². The number of carbonyl (C=O) groups excluding carboxylic acids is 1. The number of ether oxygens (including phenoxy) is 2. The Bertz CT molecular complexity index is 516. The fourth-order valence-electron chi connectivity index (χ4n) is 1.29. The normalized spacial score (nSPS) is 9.72. The van der Waals surface area contributed by atoms with Crippen molar-refractivity contribution < 1.29 is 24.2 Å². The molecule has 1 aromatic rings. The second-order valence-corrected chi connectivity index (χ2v) is 3.92. The van der Waals surface area contributed by atoms with Crippen LogP contribution >= 0.6 is 0 Å². The van der Waals surface area contributed by atoms with Gasteiger partial charge < -0.3 is 14.6 Å². The first-order valence-electron chi connectivity index (χ1n) is 5.21. The van der Waals surface area contributed by atoms with Crippen LogP contribution in [0.5, 0.6) is 11.5 Å². The van der Waals surface area contributed by atoms with Gasteiger partial charge in [-0.25, -0.2) is 9.59 Å². The van der Waals surface area contributed by atoms with Crippen molar-refractivity contribution in [2.45, 2.75) is 20.8 Å². The van der Waals surface area contributed by atoms with Crippen LogP contribution in [0.3, 0.4) is 0 Å². The number of aryl methyl sites for hydroxylation is 1. The number of hydrogen-bond acceptors (Lipinski definition) is 4. The Labute approximate surface area is 105 Å². The summed E-state index contributed by atoms with van der Waals surface area (Å²) in [4.78, 5) is 22.0. The highest BCUT2D eigenvalue weighted by Gasteiger charge is 2.14. The van der Waals surface area contributed by atoms with Crippen LogP contribution in [0.4, 0.5) is 4.79 Å². The van der Waals surface area contributed by atoms with E-state index in [0.717, 1.165) is 5.56 Å². The van der Waals surface area contributed by atoms with Gasteiger partial charge in [0.1, 0.15) is 11.5 Å². The van der Waals surface area contributed by atoms with Crippen LogP contribution in [0, 0.1) is 13.8 Å². The average molecular weight is 250 g/mol. The van der Waals surface area contributed by atoms with Crippen LogP contribution in [0.15, 0.2) is 24.3 Å². The highest BCUT2D eigenvalue weighted by atomic mass is 16.7. The molecule has 5 nitrogen and oxygen atoms in total. The van der Waals surface area contributed by atoms with Gasteiger partial charge in [0, 0.05) is 11.1 Å². The van der Waals surface area contributed by atoms with E-state index in [1.165, 1.54) is 6.92 Å². The zero-order valence-electron chi connectivity index (χ0n) is 10.4. The van der Waals surface area contributed by atoms with E-state index in [1.54, 1.807) is 26.0 Å². The SMILES string of the molecule is C=C(C)C(=O)Oc1cc(C)cc(OC(=O)O)c1C. The Kier molecular flexibility index (Phi) is 4.09. The molecule has 0 bridgehead atoms. The summed E-state index contributed by atoms with van der Waals surface area (Å²) in [6.45, 7) is 8.36. The van der Waals surface area contributed by atoms with E-state index >= 15 is 0 Å². The molecule has 0 aromatic heterocycles. The zero-order chi connectivity index (χ0) is 13.9. The fourth-order valence-corrected chi connectivity index (χ4v) is 1.29. The summed E-state index contributed by atoms with van der Waals surface area (Å²) in [7, 11) is 0. The summed E-state index contributed by atoms with van der Waals surface area (Å²) in [6, 6.07) is 3.19. The third-order valence-electron chi connectivity index (χ3n) is 2.21. The van der Waals surface area contributed by atoms with Crippen LogP contribution < -0.4 is 9.47 Å². The molecule has 0 saturated carbocycles. The summed E-state index contributed by atoms with van der Waals surface area (Å²) >= 11 is 0. The maximum absolute atomic E-state index is 11.4. The first-order chi connectivity index (χ1) is 8.31. The molecule has 1 rings (SSSR count). The topological polar surface area (TPSA) is 72.8 Å². The monoisotopic (exact) mass is 250 g/mol. The van der Waals surface area contributed by atoms with Gasteiger partial charge in [-0.3, -0.25) is 0 Å². The maximum atomic E-state index is 11.4. The molecule has 0 unspecified atom stereocenters. The van der Waals surface area contributed by atoms with Crippen molar-refractivity contribution in [2.24, 2.45) is 0 Å². The molecular weight excluding hydrogens is 236 g/mol. The van der Waals surface area contributed by atoms with Crippen molar-refractivity contribution >= 4 is 12.1 Å². The molecular formula is C13H14O5. The number of benzene rings is 1.